The topological polar surface area (TPSA) is 59.4 Å². The fourth-order valence-corrected chi connectivity index (χ4v) is 3.78. The van der Waals surface area contributed by atoms with Crippen molar-refractivity contribution in [3.63, 3.8) is 0 Å². The average Bonchev–Trinajstić information content (AvgIpc) is 3.03. The smallest absolute Gasteiger partial charge is 0.227 e. The predicted molar refractivity (Wildman–Crippen MR) is 90.8 cm³/mol. The molecule has 3 heterocycles. The number of halogens is 1. The summed E-state index contributed by atoms with van der Waals surface area (Å²) in [7, 11) is 1.91. The van der Waals surface area contributed by atoms with Crippen molar-refractivity contribution in [1.29, 1.82) is 0 Å². The minimum atomic E-state index is -0.275. The van der Waals surface area contributed by atoms with E-state index < -0.39 is 0 Å². The third-order valence-electron chi connectivity index (χ3n) is 4.57. The maximum atomic E-state index is 13.0. The molecule has 3 atom stereocenters. The molecule has 1 N–H and O–H groups in total. The van der Waals surface area contributed by atoms with Gasteiger partial charge in [-0.05, 0) is 26.3 Å². The number of nitrogens with zero attached hydrogens (tertiary/aromatic N) is 3. The Morgan fingerprint density at radius 1 is 1.43 bits per heavy atom. The molecule has 2 aliphatic heterocycles. The van der Waals surface area contributed by atoms with Crippen molar-refractivity contribution >= 4 is 18.3 Å². The first-order valence-corrected chi connectivity index (χ1v) is 8.01. The van der Waals surface area contributed by atoms with Crippen LogP contribution in [0.3, 0.4) is 0 Å². The summed E-state index contributed by atoms with van der Waals surface area (Å²) in [5, 5.41) is 7.61. The second-order valence-corrected chi connectivity index (χ2v) is 7.23. The predicted octanol–water partition coefficient (Wildman–Crippen LogP) is 1.17. The molecular weight excluding hydrogens is 316 g/mol. The largest absolute Gasteiger partial charge is 0.369 e. The minimum Gasteiger partial charge on any atom is -0.369 e. The summed E-state index contributed by atoms with van der Waals surface area (Å²) < 4.78 is 7.71. The minimum absolute atomic E-state index is 0. The Morgan fingerprint density at radius 3 is 2.78 bits per heavy atom. The second kappa shape index (κ2) is 6.79. The van der Waals surface area contributed by atoms with Gasteiger partial charge in [0.05, 0.1) is 23.8 Å². The molecule has 23 heavy (non-hydrogen) atoms. The molecule has 0 spiro atoms. The Balaban J connectivity index is 0.00000192. The Hall–Kier alpha value is -1.11. The number of rotatable bonds is 2. The van der Waals surface area contributed by atoms with E-state index in [-0.39, 0.29) is 41.9 Å². The molecule has 2 aliphatic rings. The zero-order valence-electron chi connectivity index (χ0n) is 14.3. The fourth-order valence-electron chi connectivity index (χ4n) is 3.78. The van der Waals surface area contributed by atoms with Crippen LogP contribution in [0.2, 0.25) is 0 Å². The van der Waals surface area contributed by atoms with Crippen molar-refractivity contribution in [3.8, 4) is 0 Å². The summed E-state index contributed by atoms with van der Waals surface area (Å²) in [5.41, 5.74) is 0.870. The van der Waals surface area contributed by atoms with Gasteiger partial charge in [-0.3, -0.25) is 9.48 Å². The van der Waals surface area contributed by atoms with Crippen molar-refractivity contribution in [2.75, 3.05) is 26.2 Å². The van der Waals surface area contributed by atoms with Crippen LogP contribution in [0, 0.1) is 5.92 Å². The van der Waals surface area contributed by atoms with Crippen molar-refractivity contribution < 1.29 is 9.53 Å². The lowest BCUT2D eigenvalue weighted by Crippen LogP contribution is -2.55. The molecule has 1 aromatic rings. The van der Waals surface area contributed by atoms with E-state index in [0.29, 0.717) is 13.1 Å². The maximum absolute atomic E-state index is 13.0. The standard InChI is InChI=1S/C16H26N4O2.ClH/c1-11-8-20(10-16(2,3)22-11)15(21)14-7-17-6-13(14)12-5-18-19(4)9-12;/h5,9,11,13-14,17H,6-8,10H2,1-4H3;1H/t11?,13-,14+;/m1./s1. The normalized spacial score (nSPS) is 30.1. The molecule has 0 aromatic carbocycles. The molecule has 0 radical (unpaired) electrons. The Morgan fingerprint density at radius 2 is 2.17 bits per heavy atom. The highest BCUT2D eigenvalue weighted by Gasteiger charge is 2.41. The third kappa shape index (κ3) is 3.87. The summed E-state index contributed by atoms with van der Waals surface area (Å²) in [6, 6.07) is 0. The molecule has 2 saturated heterocycles. The highest BCUT2D eigenvalue weighted by atomic mass is 35.5. The number of hydrogen-bond donors (Lipinski definition) is 1. The number of morpholine rings is 1. The third-order valence-corrected chi connectivity index (χ3v) is 4.57. The van der Waals surface area contributed by atoms with Crippen molar-refractivity contribution in [3.05, 3.63) is 18.0 Å². The number of hydrogen-bond acceptors (Lipinski definition) is 4. The molecule has 0 aliphatic carbocycles. The van der Waals surface area contributed by atoms with Crippen LogP contribution in [0.4, 0.5) is 0 Å². The molecule has 130 valence electrons. The van der Waals surface area contributed by atoms with Crippen LogP contribution >= 0.6 is 12.4 Å². The van der Waals surface area contributed by atoms with Gasteiger partial charge in [-0.15, -0.1) is 12.4 Å². The Bertz CT molecular complexity index is 560. The summed E-state index contributed by atoms with van der Waals surface area (Å²) in [4.78, 5) is 15.0. The van der Waals surface area contributed by atoms with Gasteiger partial charge in [0.25, 0.3) is 0 Å². The van der Waals surface area contributed by atoms with Crippen LogP contribution in [0.25, 0.3) is 0 Å². The van der Waals surface area contributed by atoms with Crippen LogP contribution in [-0.2, 0) is 16.6 Å². The van der Waals surface area contributed by atoms with Crippen LogP contribution in [0.15, 0.2) is 12.4 Å². The van der Waals surface area contributed by atoms with Crippen molar-refractivity contribution in [1.82, 2.24) is 20.0 Å². The molecule has 6 nitrogen and oxygen atoms in total. The first kappa shape index (κ1) is 18.2. The van der Waals surface area contributed by atoms with Crippen LogP contribution in [-0.4, -0.2) is 58.5 Å². The van der Waals surface area contributed by atoms with Crippen molar-refractivity contribution in [2.24, 2.45) is 13.0 Å². The lowest BCUT2D eigenvalue weighted by molar-refractivity contribution is -0.161. The van der Waals surface area contributed by atoms with Gasteiger partial charge >= 0.3 is 0 Å². The SMILES string of the molecule is CC1CN(C(=O)[C@H]2CNC[C@@H]2c2cnn(C)c2)CC(C)(C)O1.Cl. The number of aryl methyl sites for hydroxylation is 1. The molecule has 3 rings (SSSR count). The van der Waals surface area contributed by atoms with Crippen molar-refractivity contribution in [2.45, 2.75) is 38.4 Å². The summed E-state index contributed by atoms with van der Waals surface area (Å²) >= 11 is 0. The fraction of sp³-hybridized carbons (Fsp3) is 0.750. The molecule has 1 aromatic heterocycles. The van der Waals surface area contributed by atoms with E-state index in [1.54, 1.807) is 4.68 Å². The van der Waals surface area contributed by atoms with E-state index in [9.17, 15) is 4.79 Å². The Kier molecular flexibility index (Phi) is 5.38. The highest BCUT2D eigenvalue weighted by Crippen LogP contribution is 2.31. The molecule has 2 fully saturated rings. The molecular formula is C16H27ClN4O2. The van der Waals surface area contributed by atoms with Gasteiger partial charge in [0, 0.05) is 45.3 Å². The van der Waals surface area contributed by atoms with E-state index in [2.05, 4.69) is 24.3 Å². The number of carbonyl (C=O) groups is 1. The number of amides is 1. The zero-order chi connectivity index (χ0) is 15.9. The van der Waals surface area contributed by atoms with Gasteiger partial charge in [0.1, 0.15) is 0 Å². The van der Waals surface area contributed by atoms with Crippen LogP contribution < -0.4 is 5.32 Å². The van der Waals surface area contributed by atoms with E-state index in [1.807, 2.05) is 31.3 Å². The van der Waals surface area contributed by atoms with Gasteiger partial charge in [-0.25, -0.2) is 0 Å². The van der Waals surface area contributed by atoms with E-state index in [1.165, 1.54) is 0 Å². The Labute approximate surface area is 144 Å². The maximum Gasteiger partial charge on any atom is 0.227 e. The van der Waals surface area contributed by atoms with Gasteiger partial charge in [-0.1, -0.05) is 0 Å². The zero-order valence-corrected chi connectivity index (χ0v) is 15.1. The summed E-state index contributed by atoms with van der Waals surface area (Å²) in [5.74, 6) is 0.440. The van der Waals surface area contributed by atoms with E-state index in [0.717, 1.165) is 18.7 Å². The number of ether oxygens (including phenoxy) is 1. The van der Waals surface area contributed by atoms with Crippen LogP contribution in [0.1, 0.15) is 32.3 Å². The van der Waals surface area contributed by atoms with E-state index >= 15 is 0 Å². The van der Waals surface area contributed by atoms with Crippen LogP contribution in [0.5, 0.6) is 0 Å². The number of nitrogens with one attached hydrogen (secondary N) is 1. The van der Waals surface area contributed by atoms with Gasteiger partial charge in [0.2, 0.25) is 5.91 Å². The van der Waals surface area contributed by atoms with E-state index in [4.69, 9.17) is 4.74 Å². The average molecular weight is 343 g/mol. The van der Waals surface area contributed by atoms with Gasteiger partial charge in [0.15, 0.2) is 0 Å². The first-order chi connectivity index (χ1) is 10.4. The molecule has 0 bridgehead atoms. The second-order valence-electron chi connectivity index (χ2n) is 7.23. The summed E-state index contributed by atoms with van der Waals surface area (Å²) in [6.45, 7) is 9.05. The monoisotopic (exact) mass is 342 g/mol. The molecule has 1 amide bonds. The molecule has 7 heteroatoms. The highest BCUT2D eigenvalue weighted by molar-refractivity contribution is 5.85. The molecule has 0 saturated carbocycles. The number of aromatic nitrogens is 2. The first-order valence-electron chi connectivity index (χ1n) is 8.01. The lowest BCUT2D eigenvalue weighted by Gasteiger charge is -2.43. The van der Waals surface area contributed by atoms with Gasteiger partial charge in [-0.2, -0.15) is 5.10 Å². The summed E-state index contributed by atoms with van der Waals surface area (Å²) in [6.07, 6.45) is 3.98. The number of carbonyl (C=O) groups excluding carboxylic acids is 1. The lowest BCUT2D eigenvalue weighted by atomic mass is 9.89. The van der Waals surface area contributed by atoms with Gasteiger partial charge < -0.3 is 15.0 Å². The quantitative estimate of drug-likeness (QED) is 0.876. The molecule has 1 unspecified atom stereocenters.